The van der Waals surface area contributed by atoms with Gasteiger partial charge in [0.1, 0.15) is 0 Å². The number of benzene rings is 1. The smallest absolute Gasteiger partial charge is 0.238 e. The van der Waals surface area contributed by atoms with E-state index < -0.39 is 0 Å². The lowest BCUT2D eigenvalue weighted by molar-refractivity contribution is -0.118. The molecular weight excluding hydrogens is 294 g/mol. The molecular formula is C17H25N3O3. The van der Waals surface area contributed by atoms with Gasteiger partial charge in [-0.05, 0) is 17.7 Å². The van der Waals surface area contributed by atoms with E-state index in [9.17, 15) is 4.79 Å². The predicted octanol–water partition coefficient (Wildman–Crippen LogP) is 0.790. The van der Waals surface area contributed by atoms with Gasteiger partial charge in [0.15, 0.2) is 0 Å². The van der Waals surface area contributed by atoms with Crippen molar-refractivity contribution in [2.45, 2.75) is 6.54 Å². The topological polar surface area (TPSA) is 54.0 Å². The summed E-state index contributed by atoms with van der Waals surface area (Å²) < 4.78 is 10.7. The van der Waals surface area contributed by atoms with Crippen LogP contribution in [0.25, 0.3) is 0 Å². The van der Waals surface area contributed by atoms with Crippen LogP contribution in [-0.4, -0.2) is 74.9 Å². The summed E-state index contributed by atoms with van der Waals surface area (Å²) in [5, 5.41) is 2.97. The zero-order chi connectivity index (χ0) is 15.9. The number of morpholine rings is 2. The van der Waals surface area contributed by atoms with Gasteiger partial charge in [0.2, 0.25) is 5.91 Å². The molecule has 6 heteroatoms. The number of nitrogens with one attached hydrogen (secondary N) is 1. The first-order valence-corrected chi connectivity index (χ1v) is 8.28. The second-order valence-electron chi connectivity index (χ2n) is 6.02. The van der Waals surface area contributed by atoms with Gasteiger partial charge >= 0.3 is 0 Å². The minimum atomic E-state index is 0.0350. The van der Waals surface area contributed by atoms with Crippen LogP contribution in [0.15, 0.2) is 24.3 Å². The third-order valence-corrected chi connectivity index (χ3v) is 4.22. The monoisotopic (exact) mass is 319 g/mol. The molecule has 1 N–H and O–H groups in total. The molecule has 0 aromatic heterocycles. The normalized spacial score (nSPS) is 20.3. The molecule has 0 atom stereocenters. The van der Waals surface area contributed by atoms with Crippen LogP contribution in [0.1, 0.15) is 5.56 Å². The molecule has 0 saturated carbocycles. The summed E-state index contributed by atoms with van der Waals surface area (Å²) in [4.78, 5) is 16.6. The second-order valence-corrected chi connectivity index (χ2v) is 6.02. The van der Waals surface area contributed by atoms with Crippen molar-refractivity contribution >= 4 is 11.6 Å². The number of carbonyl (C=O) groups excluding carboxylic acids is 1. The highest BCUT2D eigenvalue weighted by Gasteiger charge is 2.14. The number of hydrogen-bond donors (Lipinski definition) is 1. The Kier molecular flexibility index (Phi) is 5.99. The Labute approximate surface area is 137 Å². The summed E-state index contributed by atoms with van der Waals surface area (Å²) in [6, 6.07) is 8.12. The summed E-state index contributed by atoms with van der Waals surface area (Å²) in [6.07, 6.45) is 0. The quantitative estimate of drug-likeness (QED) is 0.870. The Morgan fingerprint density at radius 2 is 1.48 bits per heavy atom. The molecule has 0 aliphatic carbocycles. The number of anilines is 1. The Morgan fingerprint density at radius 1 is 0.913 bits per heavy atom. The number of nitrogens with zero attached hydrogens (tertiary/aromatic N) is 2. The average Bonchev–Trinajstić information content (AvgIpc) is 2.58. The van der Waals surface area contributed by atoms with Crippen molar-refractivity contribution in [3.8, 4) is 0 Å². The Morgan fingerprint density at radius 3 is 2.09 bits per heavy atom. The molecule has 0 spiro atoms. The molecule has 1 aromatic rings. The van der Waals surface area contributed by atoms with Gasteiger partial charge in [-0.2, -0.15) is 0 Å². The standard InChI is InChI=1S/C17H25N3O3/c21-17(14-20-7-11-23-12-8-20)18-16-3-1-15(2-4-16)13-19-5-9-22-10-6-19/h1-4H,5-14H2,(H,18,21). The number of hydrogen-bond acceptors (Lipinski definition) is 5. The number of rotatable bonds is 5. The fourth-order valence-electron chi connectivity index (χ4n) is 2.87. The van der Waals surface area contributed by atoms with E-state index in [4.69, 9.17) is 9.47 Å². The summed E-state index contributed by atoms with van der Waals surface area (Å²) in [5.74, 6) is 0.0350. The van der Waals surface area contributed by atoms with Crippen molar-refractivity contribution in [1.29, 1.82) is 0 Å². The maximum absolute atomic E-state index is 12.1. The summed E-state index contributed by atoms with van der Waals surface area (Å²) in [7, 11) is 0. The Hall–Kier alpha value is -1.47. The molecule has 2 aliphatic rings. The van der Waals surface area contributed by atoms with Crippen molar-refractivity contribution in [3.05, 3.63) is 29.8 Å². The zero-order valence-corrected chi connectivity index (χ0v) is 13.5. The van der Waals surface area contributed by atoms with Gasteiger partial charge < -0.3 is 14.8 Å². The molecule has 2 aliphatic heterocycles. The molecule has 23 heavy (non-hydrogen) atoms. The molecule has 2 heterocycles. The van der Waals surface area contributed by atoms with Gasteiger partial charge in [-0.15, -0.1) is 0 Å². The maximum Gasteiger partial charge on any atom is 0.238 e. The Balaban J connectivity index is 1.45. The first-order chi connectivity index (χ1) is 11.3. The van der Waals surface area contributed by atoms with Gasteiger partial charge in [-0.1, -0.05) is 12.1 Å². The van der Waals surface area contributed by atoms with E-state index in [0.29, 0.717) is 19.8 Å². The molecule has 6 nitrogen and oxygen atoms in total. The molecule has 0 unspecified atom stereocenters. The molecule has 0 radical (unpaired) electrons. The van der Waals surface area contributed by atoms with Crippen molar-refractivity contribution in [2.24, 2.45) is 0 Å². The van der Waals surface area contributed by atoms with Crippen LogP contribution >= 0.6 is 0 Å². The Bertz CT molecular complexity index is 494. The van der Waals surface area contributed by atoms with Crippen LogP contribution in [-0.2, 0) is 20.8 Å². The first-order valence-electron chi connectivity index (χ1n) is 8.28. The van der Waals surface area contributed by atoms with Crippen molar-refractivity contribution < 1.29 is 14.3 Å². The van der Waals surface area contributed by atoms with E-state index in [1.165, 1.54) is 5.56 Å². The van der Waals surface area contributed by atoms with E-state index in [0.717, 1.165) is 51.6 Å². The van der Waals surface area contributed by atoms with Gasteiger partial charge in [-0.3, -0.25) is 14.6 Å². The zero-order valence-electron chi connectivity index (χ0n) is 13.5. The van der Waals surface area contributed by atoms with E-state index in [1.807, 2.05) is 12.1 Å². The van der Waals surface area contributed by atoms with Gasteiger partial charge in [0.25, 0.3) is 0 Å². The predicted molar refractivity (Wildman–Crippen MR) is 88.4 cm³/mol. The minimum Gasteiger partial charge on any atom is -0.379 e. The summed E-state index contributed by atoms with van der Waals surface area (Å²) in [5.41, 5.74) is 2.12. The maximum atomic E-state index is 12.1. The lowest BCUT2D eigenvalue weighted by Gasteiger charge is -2.26. The van der Waals surface area contributed by atoms with Gasteiger partial charge in [-0.25, -0.2) is 0 Å². The van der Waals surface area contributed by atoms with Gasteiger partial charge in [0.05, 0.1) is 33.0 Å². The van der Waals surface area contributed by atoms with Gasteiger partial charge in [0, 0.05) is 38.4 Å². The number of amides is 1. The summed E-state index contributed by atoms with van der Waals surface area (Å²) in [6.45, 7) is 8.04. The van der Waals surface area contributed by atoms with Crippen LogP contribution in [0.2, 0.25) is 0 Å². The first kappa shape index (κ1) is 16.4. The second kappa shape index (κ2) is 8.40. The van der Waals surface area contributed by atoms with E-state index >= 15 is 0 Å². The van der Waals surface area contributed by atoms with Crippen LogP contribution in [0.4, 0.5) is 5.69 Å². The molecule has 2 saturated heterocycles. The van der Waals surface area contributed by atoms with Crippen LogP contribution in [0, 0.1) is 0 Å². The highest BCUT2D eigenvalue weighted by molar-refractivity contribution is 5.92. The highest BCUT2D eigenvalue weighted by Crippen LogP contribution is 2.12. The minimum absolute atomic E-state index is 0.0350. The van der Waals surface area contributed by atoms with Crippen LogP contribution < -0.4 is 5.32 Å². The van der Waals surface area contributed by atoms with E-state index in [-0.39, 0.29) is 5.91 Å². The van der Waals surface area contributed by atoms with Crippen LogP contribution in [0.3, 0.4) is 0 Å². The largest absolute Gasteiger partial charge is 0.379 e. The molecule has 1 aromatic carbocycles. The molecule has 3 rings (SSSR count). The van der Waals surface area contributed by atoms with Crippen molar-refractivity contribution in [1.82, 2.24) is 9.80 Å². The molecule has 2 fully saturated rings. The SMILES string of the molecule is O=C(CN1CCOCC1)Nc1ccc(CN2CCOCC2)cc1. The van der Waals surface area contributed by atoms with Crippen molar-refractivity contribution in [3.63, 3.8) is 0 Å². The molecule has 126 valence electrons. The molecule has 0 bridgehead atoms. The third kappa shape index (κ3) is 5.28. The lowest BCUT2D eigenvalue weighted by atomic mass is 10.2. The van der Waals surface area contributed by atoms with Crippen molar-refractivity contribution in [2.75, 3.05) is 64.5 Å². The highest BCUT2D eigenvalue weighted by atomic mass is 16.5. The number of carbonyl (C=O) groups is 1. The molecule has 1 amide bonds. The van der Waals surface area contributed by atoms with E-state index in [2.05, 4.69) is 27.2 Å². The average molecular weight is 319 g/mol. The summed E-state index contributed by atoms with van der Waals surface area (Å²) >= 11 is 0. The fraction of sp³-hybridized carbons (Fsp3) is 0.588. The number of ether oxygens (including phenoxy) is 2. The fourth-order valence-corrected chi connectivity index (χ4v) is 2.87. The van der Waals surface area contributed by atoms with Crippen LogP contribution in [0.5, 0.6) is 0 Å². The third-order valence-electron chi connectivity index (χ3n) is 4.22. The van der Waals surface area contributed by atoms with E-state index in [1.54, 1.807) is 0 Å². The lowest BCUT2D eigenvalue weighted by Crippen LogP contribution is -2.41.